The van der Waals surface area contributed by atoms with Gasteiger partial charge in [0, 0.05) is 15.4 Å². The highest BCUT2D eigenvalue weighted by molar-refractivity contribution is 7.90. The predicted octanol–water partition coefficient (Wildman–Crippen LogP) is 5.91. The van der Waals surface area contributed by atoms with Crippen LogP contribution in [0.5, 0.6) is 5.75 Å². The molecule has 1 aromatic heterocycles. The first-order chi connectivity index (χ1) is 14.6. The van der Waals surface area contributed by atoms with Crippen LogP contribution in [0.2, 0.25) is 15.1 Å². The second kappa shape index (κ2) is 7.76. The third kappa shape index (κ3) is 3.74. The normalized spacial score (nSPS) is 11.7. The first kappa shape index (κ1) is 21.5. The van der Waals surface area contributed by atoms with Gasteiger partial charge >= 0.3 is 5.97 Å². The van der Waals surface area contributed by atoms with Crippen molar-refractivity contribution in [3.05, 3.63) is 81.3 Å². The standard InChI is InChI=1S/C21H12Cl3NO5S/c22-14-5-6-17-13(7-14)8-18(11-1-3-12(4-2-11)21(27)28)25(17)31(29,30)19-10-15(23)9-16(24)20(19)26/h1-10,26H,(H,27,28). The number of rotatable bonds is 4. The molecule has 3 aromatic carbocycles. The van der Waals surface area contributed by atoms with Crippen LogP contribution in [0.1, 0.15) is 10.4 Å². The van der Waals surface area contributed by atoms with Crippen molar-refractivity contribution < 1.29 is 23.4 Å². The third-order valence-corrected chi connectivity index (χ3v) is 7.14. The highest BCUT2D eigenvalue weighted by Gasteiger charge is 2.28. The number of carboxylic acid groups (broad SMARTS) is 1. The average Bonchev–Trinajstić information content (AvgIpc) is 3.10. The van der Waals surface area contributed by atoms with Crippen LogP contribution in [0.25, 0.3) is 22.2 Å². The minimum Gasteiger partial charge on any atom is -0.505 e. The van der Waals surface area contributed by atoms with Gasteiger partial charge in [-0.1, -0.05) is 46.9 Å². The summed E-state index contributed by atoms with van der Waals surface area (Å²) in [6, 6.07) is 14.4. The van der Waals surface area contributed by atoms with Gasteiger partial charge in [0.25, 0.3) is 10.0 Å². The van der Waals surface area contributed by atoms with Gasteiger partial charge in [-0.05, 0) is 54.1 Å². The maximum Gasteiger partial charge on any atom is 0.335 e. The minimum absolute atomic E-state index is 0.0354. The van der Waals surface area contributed by atoms with Gasteiger partial charge in [-0.2, -0.15) is 0 Å². The molecule has 0 saturated heterocycles. The molecule has 0 aliphatic carbocycles. The van der Waals surface area contributed by atoms with Crippen molar-refractivity contribution >= 4 is 61.7 Å². The number of aromatic nitrogens is 1. The van der Waals surface area contributed by atoms with E-state index >= 15 is 0 Å². The molecule has 0 atom stereocenters. The number of carbonyl (C=O) groups is 1. The monoisotopic (exact) mass is 495 g/mol. The molecule has 0 aliphatic rings. The average molecular weight is 497 g/mol. The molecule has 4 aromatic rings. The molecule has 0 fully saturated rings. The van der Waals surface area contributed by atoms with Crippen LogP contribution in [0, 0.1) is 0 Å². The summed E-state index contributed by atoms with van der Waals surface area (Å²) >= 11 is 18.0. The van der Waals surface area contributed by atoms with Gasteiger partial charge in [-0.15, -0.1) is 0 Å². The number of fused-ring (bicyclic) bond motifs is 1. The van der Waals surface area contributed by atoms with Gasteiger partial charge in [0.1, 0.15) is 4.90 Å². The number of phenolic OH excluding ortho intramolecular Hbond substituents is 1. The number of hydrogen-bond donors (Lipinski definition) is 2. The van der Waals surface area contributed by atoms with E-state index in [-0.39, 0.29) is 21.3 Å². The summed E-state index contributed by atoms with van der Waals surface area (Å²) in [4.78, 5) is 10.7. The Bertz CT molecular complexity index is 1460. The summed E-state index contributed by atoms with van der Waals surface area (Å²) in [5.41, 5.74) is 1.03. The number of nitrogens with zero attached hydrogens (tertiary/aromatic N) is 1. The zero-order chi connectivity index (χ0) is 22.5. The fourth-order valence-corrected chi connectivity index (χ4v) is 5.71. The van der Waals surface area contributed by atoms with Gasteiger partial charge in [-0.25, -0.2) is 17.2 Å². The van der Waals surface area contributed by atoms with E-state index in [0.717, 1.165) is 10.0 Å². The number of hydrogen-bond acceptors (Lipinski definition) is 4. The van der Waals surface area contributed by atoms with E-state index in [1.807, 2.05) is 0 Å². The molecular formula is C21H12Cl3NO5S. The van der Waals surface area contributed by atoms with Crippen LogP contribution < -0.4 is 0 Å². The summed E-state index contributed by atoms with van der Waals surface area (Å²) in [6.07, 6.45) is 0. The second-order valence-electron chi connectivity index (χ2n) is 6.62. The van der Waals surface area contributed by atoms with Crippen molar-refractivity contribution in [2.24, 2.45) is 0 Å². The van der Waals surface area contributed by atoms with E-state index in [1.54, 1.807) is 12.1 Å². The number of aromatic carboxylic acids is 1. The first-order valence-corrected chi connectivity index (χ1v) is 11.3. The SMILES string of the molecule is O=C(O)c1ccc(-c2cc3cc(Cl)ccc3n2S(=O)(=O)c2cc(Cl)cc(Cl)c2O)cc1. The van der Waals surface area contributed by atoms with E-state index in [2.05, 4.69) is 0 Å². The summed E-state index contributed by atoms with van der Waals surface area (Å²) in [5, 5.41) is 20.3. The molecule has 2 N–H and O–H groups in total. The molecule has 0 bridgehead atoms. The Morgan fingerprint density at radius 2 is 1.55 bits per heavy atom. The lowest BCUT2D eigenvalue weighted by Crippen LogP contribution is -2.14. The lowest BCUT2D eigenvalue weighted by Gasteiger charge is -2.14. The van der Waals surface area contributed by atoms with Crippen LogP contribution in [0.15, 0.2) is 65.6 Å². The molecule has 4 rings (SSSR count). The highest BCUT2D eigenvalue weighted by atomic mass is 35.5. The third-order valence-electron chi connectivity index (χ3n) is 4.66. The zero-order valence-corrected chi connectivity index (χ0v) is 18.5. The second-order valence-corrected chi connectivity index (χ2v) is 9.65. The van der Waals surface area contributed by atoms with Crippen LogP contribution in [0.4, 0.5) is 0 Å². The summed E-state index contributed by atoms with van der Waals surface area (Å²) in [5.74, 6) is -1.74. The molecule has 6 nitrogen and oxygen atoms in total. The summed E-state index contributed by atoms with van der Waals surface area (Å²) < 4.78 is 28.3. The van der Waals surface area contributed by atoms with E-state index in [0.29, 0.717) is 21.5 Å². The Hall–Kier alpha value is -2.71. The van der Waals surface area contributed by atoms with Crippen molar-refractivity contribution in [2.45, 2.75) is 4.90 Å². The van der Waals surface area contributed by atoms with Gasteiger partial charge in [0.2, 0.25) is 0 Å². The number of benzene rings is 3. The van der Waals surface area contributed by atoms with Crippen molar-refractivity contribution in [1.82, 2.24) is 3.97 Å². The molecule has 0 saturated carbocycles. The van der Waals surface area contributed by atoms with Gasteiger partial charge in [-0.3, -0.25) is 0 Å². The van der Waals surface area contributed by atoms with Gasteiger partial charge < -0.3 is 10.2 Å². The molecule has 158 valence electrons. The van der Waals surface area contributed by atoms with Crippen LogP contribution in [-0.2, 0) is 10.0 Å². The van der Waals surface area contributed by atoms with E-state index in [1.165, 1.54) is 42.5 Å². The van der Waals surface area contributed by atoms with Crippen molar-refractivity contribution in [2.75, 3.05) is 0 Å². The Kier molecular flexibility index (Phi) is 5.39. The van der Waals surface area contributed by atoms with Crippen LogP contribution in [-0.4, -0.2) is 28.6 Å². The number of aromatic hydroxyl groups is 1. The molecule has 0 radical (unpaired) electrons. The maximum absolute atomic E-state index is 13.6. The minimum atomic E-state index is -4.38. The smallest absolute Gasteiger partial charge is 0.335 e. The summed E-state index contributed by atoms with van der Waals surface area (Å²) in [6.45, 7) is 0. The molecule has 0 amide bonds. The molecule has 10 heteroatoms. The number of halogens is 3. The van der Waals surface area contributed by atoms with Crippen molar-refractivity contribution in [1.29, 1.82) is 0 Å². The Balaban J connectivity index is 2.05. The quantitative estimate of drug-likeness (QED) is 0.366. The first-order valence-electron chi connectivity index (χ1n) is 8.68. The molecule has 0 unspecified atom stereocenters. The molecule has 31 heavy (non-hydrogen) atoms. The van der Waals surface area contributed by atoms with Gasteiger partial charge in [0.15, 0.2) is 5.75 Å². The Morgan fingerprint density at radius 3 is 2.19 bits per heavy atom. The summed E-state index contributed by atoms with van der Waals surface area (Å²) in [7, 11) is -4.38. The van der Waals surface area contributed by atoms with Crippen molar-refractivity contribution in [3.63, 3.8) is 0 Å². The Labute approximate surface area is 191 Å². The largest absolute Gasteiger partial charge is 0.505 e. The van der Waals surface area contributed by atoms with Gasteiger partial charge in [0.05, 0.1) is 21.8 Å². The molecule has 1 heterocycles. The van der Waals surface area contributed by atoms with Crippen molar-refractivity contribution in [3.8, 4) is 17.0 Å². The molecule has 0 aliphatic heterocycles. The Morgan fingerprint density at radius 1 is 0.871 bits per heavy atom. The van der Waals surface area contributed by atoms with E-state index in [9.17, 15) is 18.3 Å². The lowest BCUT2D eigenvalue weighted by atomic mass is 10.1. The lowest BCUT2D eigenvalue weighted by molar-refractivity contribution is 0.0697. The number of carboxylic acids is 1. The van der Waals surface area contributed by atoms with Crippen LogP contribution in [0.3, 0.4) is 0 Å². The predicted molar refractivity (Wildman–Crippen MR) is 120 cm³/mol. The fraction of sp³-hybridized carbons (Fsp3) is 0. The fourth-order valence-electron chi connectivity index (χ4n) is 3.24. The zero-order valence-electron chi connectivity index (χ0n) is 15.4. The highest BCUT2D eigenvalue weighted by Crippen LogP contribution is 2.39. The van der Waals surface area contributed by atoms with Crippen LogP contribution >= 0.6 is 34.8 Å². The van der Waals surface area contributed by atoms with E-state index in [4.69, 9.17) is 39.9 Å². The maximum atomic E-state index is 13.6. The number of phenols is 1. The molecule has 0 spiro atoms. The topological polar surface area (TPSA) is 96.6 Å². The van der Waals surface area contributed by atoms with E-state index < -0.39 is 26.6 Å². The molecular weight excluding hydrogens is 485 g/mol.